The van der Waals surface area contributed by atoms with Crippen molar-refractivity contribution >= 4 is 40.4 Å². The molecule has 4 nitrogen and oxygen atoms in total. The lowest BCUT2D eigenvalue weighted by Gasteiger charge is -2.29. The topological polar surface area (TPSA) is 41.6 Å². The summed E-state index contributed by atoms with van der Waals surface area (Å²) in [5.74, 6) is 0.249. The van der Waals surface area contributed by atoms with Gasteiger partial charge in [-0.15, -0.1) is 0 Å². The number of halogens is 1. The number of ether oxygens (including phenoxy) is 1. The highest BCUT2D eigenvalue weighted by Gasteiger charge is 2.16. The zero-order valence-electron chi connectivity index (χ0n) is 16.3. The van der Waals surface area contributed by atoms with Gasteiger partial charge >= 0.3 is 0 Å². The Kier molecular flexibility index (Phi) is 6.92. The summed E-state index contributed by atoms with van der Waals surface area (Å²) in [6, 6.07) is 11.4. The molecule has 0 aliphatic carbocycles. The molecule has 0 saturated carbocycles. The van der Waals surface area contributed by atoms with E-state index in [2.05, 4.69) is 10.2 Å². The SMILES string of the molecule is Cc1ccc(NC(=O)COc2ccc(C(=S)N3CCCCC3)cc2Cl)c(C)c1. The predicted molar refractivity (Wildman–Crippen MR) is 119 cm³/mol. The highest BCUT2D eigenvalue weighted by atomic mass is 35.5. The molecule has 0 spiro atoms. The number of thiocarbonyl (C=S) groups is 1. The van der Waals surface area contributed by atoms with Gasteiger partial charge in [0.2, 0.25) is 0 Å². The standard InChI is InChI=1S/C22H25ClN2O2S/c1-15-6-8-19(16(2)12-15)24-21(26)14-27-20-9-7-17(13-18(20)23)22(28)25-10-4-3-5-11-25/h6-9,12-13H,3-5,10-11,14H2,1-2H3,(H,24,26). The molecular weight excluding hydrogens is 392 g/mol. The van der Waals surface area contributed by atoms with Crippen molar-refractivity contribution in [2.24, 2.45) is 0 Å². The minimum atomic E-state index is -0.226. The van der Waals surface area contributed by atoms with Crippen LogP contribution in [0.3, 0.4) is 0 Å². The number of aryl methyl sites for hydroxylation is 2. The second kappa shape index (κ2) is 9.39. The van der Waals surface area contributed by atoms with Gasteiger partial charge in [0, 0.05) is 24.3 Å². The molecule has 0 radical (unpaired) electrons. The van der Waals surface area contributed by atoms with Crippen molar-refractivity contribution in [3.8, 4) is 5.75 Å². The van der Waals surface area contributed by atoms with E-state index in [1.54, 1.807) is 6.07 Å². The number of piperidine rings is 1. The van der Waals surface area contributed by atoms with Crippen LogP contribution in [0.5, 0.6) is 5.75 Å². The van der Waals surface area contributed by atoms with Gasteiger partial charge < -0.3 is 15.0 Å². The molecule has 1 aliphatic heterocycles. The third kappa shape index (κ3) is 5.24. The molecule has 2 aromatic rings. The zero-order chi connectivity index (χ0) is 20.1. The zero-order valence-corrected chi connectivity index (χ0v) is 17.8. The second-order valence-corrected chi connectivity index (χ2v) is 7.95. The lowest BCUT2D eigenvalue weighted by molar-refractivity contribution is -0.118. The molecule has 0 aromatic heterocycles. The molecule has 1 saturated heterocycles. The van der Waals surface area contributed by atoms with Gasteiger partial charge in [-0.3, -0.25) is 4.79 Å². The first-order valence-corrected chi connectivity index (χ1v) is 10.3. The molecule has 1 N–H and O–H groups in total. The first-order chi connectivity index (χ1) is 13.4. The average molecular weight is 417 g/mol. The number of likely N-dealkylation sites (tertiary alicyclic amines) is 1. The van der Waals surface area contributed by atoms with E-state index >= 15 is 0 Å². The van der Waals surface area contributed by atoms with Crippen LogP contribution in [0, 0.1) is 13.8 Å². The summed E-state index contributed by atoms with van der Waals surface area (Å²) >= 11 is 12.0. The summed E-state index contributed by atoms with van der Waals surface area (Å²) in [5, 5.41) is 3.32. The van der Waals surface area contributed by atoms with Crippen LogP contribution >= 0.6 is 23.8 Å². The van der Waals surface area contributed by atoms with Crippen molar-refractivity contribution in [3.63, 3.8) is 0 Å². The second-order valence-electron chi connectivity index (χ2n) is 7.15. The number of amides is 1. The number of rotatable bonds is 5. The van der Waals surface area contributed by atoms with E-state index in [4.69, 9.17) is 28.6 Å². The Morgan fingerprint density at radius 2 is 1.89 bits per heavy atom. The van der Waals surface area contributed by atoms with Gasteiger partial charge in [-0.2, -0.15) is 0 Å². The van der Waals surface area contributed by atoms with E-state index in [1.807, 2.05) is 44.2 Å². The maximum Gasteiger partial charge on any atom is 0.262 e. The number of benzene rings is 2. The number of carbonyl (C=O) groups excluding carboxylic acids is 1. The maximum absolute atomic E-state index is 12.2. The smallest absolute Gasteiger partial charge is 0.262 e. The lowest BCUT2D eigenvalue weighted by atomic mass is 10.1. The molecule has 1 aliphatic rings. The van der Waals surface area contributed by atoms with Crippen LogP contribution in [0.15, 0.2) is 36.4 Å². The quantitative estimate of drug-likeness (QED) is 0.685. The van der Waals surface area contributed by atoms with Crippen molar-refractivity contribution in [2.45, 2.75) is 33.1 Å². The molecule has 1 heterocycles. The van der Waals surface area contributed by atoms with E-state index < -0.39 is 0 Å². The van der Waals surface area contributed by atoms with Gasteiger partial charge in [-0.25, -0.2) is 0 Å². The van der Waals surface area contributed by atoms with Crippen molar-refractivity contribution < 1.29 is 9.53 Å². The maximum atomic E-state index is 12.2. The van der Waals surface area contributed by atoms with E-state index in [-0.39, 0.29) is 12.5 Å². The van der Waals surface area contributed by atoms with Gasteiger partial charge in [0.05, 0.1) is 5.02 Å². The normalized spacial score (nSPS) is 13.9. The van der Waals surface area contributed by atoms with Gasteiger partial charge in [-0.1, -0.05) is 41.5 Å². The van der Waals surface area contributed by atoms with E-state index in [0.29, 0.717) is 10.8 Å². The molecule has 1 fully saturated rings. The van der Waals surface area contributed by atoms with E-state index in [1.165, 1.54) is 19.3 Å². The summed E-state index contributed by atoms with van der Waals surface area (Å²) in [7, 11) is 0. The highest BCUT2D eigenvalue weighted by molar-refractivity contribution is 7.80. The molecule has 2 aromatic carbocycles. The molecule has 0 unspecified atom stereocenters. The number of nitrogens with one attached hydrogen (secondary N) is 1. The molecule has 0 atom stereocenters. The van der Waals surface area contributed by atoms with Crippen LogP contribution in [0.4, 0.5) is 5.69 Å². The predicted octanol–water partition coefficient (Wildman–Crippen LogP) is 5.14. The Bertz CT molecular complexity index is 879. The van der Waals surface area contributed by atoms with Gasteiger partial charge in [0.25, 0.3) is 5.91 Å². The van der Waals surface area contributed by atoms with Gasteiger partial charge in [0.1, 0.15) is 10.7 Å². The van der Waals surface area contributed by atoms with Crippen molar-refractivity contribution in [1.82, 2.24) is 4.90 Å². The first kappa shape index (κ1) is 20.6. The van der Waals surface area contributed by atoms with Crippen molar-refractivity contribution in [3.05, 3.63) is 58.1 Å². The molecule has 3 rings (SSSR count). The Balaban J connectivity index is 1.58. The largest absolute Gasteiger partial charge is 0.482 e. The number of hydrogen-bond acceptors (Lipinski definition) is 3. The summed E-state index contributed by atoms with van der Waals surface area (Å²) in [6.07, 6.45) is 3.60. The number of hydrogen-bond donors (Lipinski definition) is 1. The summed E-state index contributed by atoms with van der Waals surface area (Å²) < 4.78 is 5.61. The van der Waals surface area contributed by atoms with Crippen LogP contribution in [0.2, 0.25) is 5.02 Å². The van der Waals surface area contributed by atoms with Crippen LogP contribution in [-0.2, 0) is 4.79 Å². The fourth-order valence-electron chi connectivity index (χ4n) is 3.31. The van der Waals surface area contributed by atoms with Gasteiger partial charge in [-0.05, 0) is 62.9 Å². The number of carbonyl (C=O) groups is 1. The van der Waals surface area contributed by atoms with Crippen LogP contribution < -0.4 is 10.1 Å². The number of nitrogens with zero attached hydrogens (tertiary/aromatic N) is 1. The third-order valence-corrected chi connectivity index (χ3v) is 5.63. The molecule has 28 heavy (non-hydrogen) atoms. The highest BCUT2D eigenvalue weighted by Crippen LogP contribution is 2.27. The molecule has 6 heteroatoms. The Morgan fingerprint density at radius 3 is 2.57 bits per heavy atom. The number of anilines is 1. The Labute approximate surface area is 176 Å². The van der Waals surface area contributed by atoms with Crippen molar-refractivity contribution in [1.29, 1.82) is 0 Å². The third-order valence-electron chi connectivity index (χ3n) is 4.84. The van der Waals surface area contributed by atoms with Gasteiger partial charge in [0.15, 0.2) is 6.61 Å². The molecule has 148 valence electrons. The van der Waals surface area contributed by atoms with Crippen molar-refractivity contribution in [2.75, 3.05) is 25.0 Å². The summed E-state index contributed by atoms with van der Waals surface area (Å²) in [6.45, 7) is 5.86. The first-order valence-electron chi connectivity index (χ1n) is 9.53. The fourth-order valence-corrected chi connectivity index (χ4v) is 3.86. The molecule has 1 amide bonds. The van der Waals surface area contributed by atoms with Crippen LogP contribution in [0.25, 0.3) is 0 Å². The molecular formula is C22H25ClN2O2S. The van der Waals surface area contributed by atoms with Crippen LogP contribution in [0.1, 0.15) is 36.0 Å². The molecule has 0 bridgehead atoms. The van der Waals surface area contributed by atoms with E-state index in [9.17, 15) is 4.79 Å². The van der Waals surface area contributed by atoms with Crippen LogP contribution in [-0.4, -0.2) is 35.5 Å². The monoisotopic (exact) mass is 416 g/mol. The lowest BCUT2D eigenvalue weighted by Crippen LogP contribution is -2.34. The Morgan fingerprint density at radius 1 is 1.14 bits per heavy atom. The van der Waals surface area contributed by atoms with E-state index in [0.717, 1.165) is 40.5 Å². The average Bonchev–Trinajstić information content (AvgIpc) is 2.69. The Hall–Kier alpha value is -2.11. The summed E-state index contributed by atoms with van der Waals surface area (Å²) in [5.41, 5.74) is 3.87. The minimum absolute atomic E-state index is 0.108. The minimum Gasteiger partial charge on any atom is -0.482 e. The fraction of sp³-hybridized carbons (Fsp3) is 0.364. The summed E-state index contributed by atoms with van der Waals surface area (Å²) in [4.78, 5) is 15.3.